The van der Waals surface area contributed by atoms with E-state index in [1.165, 1.54) is 30.3 Å². The van der Waals surface area contributed by atoms with E-state index >= 15 is 0 Å². The van der Waals surface area contributed by atoms with Crippen molar-refractivity contribution in [1.29, 1.82) is 0 Å². The van der Waals surface area contributed by atoms with Crippen LogP contribution >= 0.6 is 35.1 Å². The average Bonchev–Trinajstić information content (AvgIpc) is 3.21. The third-order valence-electron chi connectivity index (χ3n) is 3.93. The molecule has 0 saturated carbocycles. The Kier molecular flexibility index (Phi) is 6.99. The molecular weight excluding hydrogens is 402 g/mol. The minimum Gasteiger partial charge on any atom is -0.493 e. The monoisotopic (exact) mass is 421 g/mol. The first kappa shape index (κ1) is 20.0. The summed E-state index contributed by atoms with van der Waals surface area (Å²) < 4.78 is 10.9. The molecule has 1 amide bonds. The second kappa shape index (κ2) is 9.44. The van der Waals surface area contributed by atoms with Gasteiger partial charge in [-0.2, -0.15) is 0 Å². The number of hydrogen-bond donors (Lipinski definition) is 1. The van der Waals surface area contributed by atoms with Crippen LogP contribution in [0.4, 0.5) is 5.69 Å². The zero-order valence-corrected chi connectivity index (χ0v) is 17.4. The number of carbonyl (C=O) groups is 1. The Balaban J connectivity index is 1.69. The largest absolute Gasteiger partial charge is 0.493 e. The maximum atomic E-state index is 12.3. The molecule has 1 aliphatic rings. The summed E-state index contributed by atoms with van der Waals surface area (Å²) in [5.41, 5.74) is 2.77. The molecule has 3 rings (SSSR count). The van der Waals surface area contributed by atoms with E-state index in [2.05, 4.69) is 11.4 Å². The Hall–Kier alpha value is -1.76. The average molecular weight is 422 g/mol. The van der Waals surface area contributed by atoms with E-state index in [0.29, 0.717) is 21.1 Å². The van der Waals surface area contributed by atoms with E-state index in [1.807, 2.05) is 41.7 Å². The van der Waals surface area contributed by atoms with Gasteiger partial charge in [-0.25, -0.2) is 0 Å². The zero-order valence-electron chi connectivity index (χ0n) is 15.0. The van der Waals surface area contributed by atoms with Crippen molar-refractivity contribution in [2.24, 2.45) is 0 Å². The standard InChI is InChI=1S/C20H20ClNO3S2/c1-24-17-11-13(10-16(21)19(17)25-2)6-7-18(23)22-15-5-3-4-14(12-15)20-26-8-9-27-20/h3-7,10-12,20H,8-9H2,1-2H3,(H,22,23)/b7-6+. The van der Waals surface area contributed by atoms with Gasteiger partial charge < -0.3 is 14.8 Å². The van der Waals surface area contributed by atoms with Crippen LogP contribution in [0.1, 0.15) is 15.7 Å². The summed E-state index contributed by atoms with van der Waals surface area (Å²) in [5.74, 6) is 3.12. The molecule has 7 heteroatoms. The van der Waals surface area contributed by atoms with Gasteiger partial charge in [-0.3, -0.25) is 4.79 Å². The molecule has 2 aromatic rings. The normalized spacial score (nSPS) is 14.5. The van der Waals surface area contributed by atoms with Crippen molar-refractivity contribution in [1.82, 2.24) is 0 Å². The predicted octanol–water partition coefficient (Wildman–Crippen LogP) is 5.49. The van der Waals surface area contributed by atoms with Crippen molar-refractivity contribution in [2.75, 3.05) is 31.0 Å². The number of methoxy groups -OCH3 is 2. The van der Waals surface area contributed by atoms with E-state index in [1.54, 1.807) is 25.3 Å². The van der Waals surface area contributed by atoms with Crippen LogP contribution in [0.3, 0.4) is 0 Å². The van der Waals surface area contributed by atoms with Gasteiger partial charge in [-0.1, -0.05) is 23.7 Å². The summed E-state index contributed by atoms with van der Waals surface area (Å²) in [5, 5.41) is 3.34. The second-order valence-corrected chi connectivity index (χ2v) is 8.89. The molecule has 2 aromatic carbocycles. The minimum absolute atomic E-state index is 0.204. The summed E-state index contributed by atoms with van der Waals surface area (Å²) in [7, 11) is 3.08. The lowest BCUT2D eigenvalue weighted by molar-refractivity contribution is -0.111. The van der Waals surface area contributed by atoms with Gasteiger partial charge >= 0.3 is 0 Å². The molecule has 0 unspecified atom stereocenters. The number of benzene rings is 2. The molecule has 0 spiro atoms. The Morgan fingerprint density at radius 2 is 1.96 bits per heavy atom. The van der Waals surface area contributed by atoms with Crippen molar-refractivity contribution in [3.8, 4) is 11.5 Å². The van der Waals surface area contributed by atoms with Gasteiger partial charge in [-0.15, -0.1) is 23.5 Å². The Bertz CT molecular complexity index is 851. The molecule has 0 atom stereocenters. The number of hydrogen-bond acceptors (Lipinski definition) is 5. The first-order chi connectivity index (χ1) is 13.1. The number of amides is 1. The fraction of sp³-hybridized carbons (Fsp3) is 0.250. The summed E-state index contributed by atoms with van der Waals surface area (Å²) in [6.07, 6.45) is 3.17. The van der Waals surface area contributed by atoms with Gasteiger partial charge in [0.15, 0.2) is 11.5 Å². The smallest absolute Gasteiger partial charge is 0.248 e. The highest BCUT2D eigenvalue weighted by Crippen LogP contribution is 2.45. The molecule has 1 aliphatic heterocycles. The molecule has 1 fully saturated rings. The number of nitrogens with one attached hydrogen (secondary N) is 1. The molecule has 0 radical (unpaired) electrons. The summed E-state index contributed by atoms with van der Waals surface area (Å²) in [4.78, 5) is 12.3. The third kappa shape index (κ3) is 5.15. The number of rotatable bonds is 6. The molecule has 142 valence electrons. The van der Waals surface area contributed by atoms with Crippen molar-refractivity contribution in [2.45, 2.75) is 4.58 Å². The zero-order chi connectivity index (χ0) is 19.2. The molecule has 0 bridgehead atoms. The molecule has 4 nitrogen and oxygen atoms in total. The van der Waals surface area contributed by atoms with E-state index in [9.17, 15) is 4.79 Å². The molecule has 1 saturated heterocycles. The van der Waals surface area contributed by atoms with Gasteiger partial charge in [0.2, 0.25) is 5.91 Å². The van der Waals surface area contributed by atoms with Gasteiger partial charge in [0, 0.05) is 23.3 Å². The number of anilines is 1. The Morgan fingerprint density at radius 1 is 1.19 bits per heavy atom. The lowest BCUT2D eigenvalue weighted by atomic mass is 10.1. The number of thioether (sulfide) groups is 2. The summed E-state index contributed by atoms with van der Waals surface area (Å²) in [6.45, 7) is 0. The second-order valence-electron chi connectivity index (χ2n) is 5.76. The van der Waals surface area contributed by atoms with Crippen LogP contribution in [0, 0.1) is 0 Å². The molecular formula is C20H20ClNO3S2. The molecule has 0 aliphatic carbocycles. The van der Waals surface area contributed by atoms with Crippen LogP contribution < -0.4 is 14.8 Å². The van der Waals surface area contributed by atoms with Crippen LogP contribution in [0.5, 0.6) is 11.5 Å². The fourth-order valence-corrected chi connectivity index (χ4v) is 5.84. The first-order valence-corrected chi connectivity index (χ1v) is 10.8. The Labute approximate surface area is 172 Å². The first-order valence-electron chi connectivity index (χ1n) is 8.34. The highest BCUT2D eigenvalue weighted by Gasteiger charge is 2.18. The SMILES string of the molecule is COc1cc(/C=C/C(=O)Nc2cccc(C3SCCS3)c2)cc(Cl)c1OC. The lowest BCUT2D eigenvalue weighted by Gasteiger charge is -2.11. The number of halogens is 1. The summed E-state index contributed by atoms with van der Waals surface area (Å²) >= 11 is 10.1. The molecule has 27 heavy (non-hydrogen) atoms. The van der Waals surface area contributed by atoms with Gasteiger partial charge in [0.25, 0.3) is 0 Å². The van der Waals surface area contributed by atoms with Crippen LogP contribution in [0.15, 0.2) is 42.5 Å². The lowest BCUT2D eigenvalue weighted by Crippen LogP contribution is -2.08. The maximum Gasteiger partial charge on any atom is 0.248 e. The molecule has 0 aromatic heterocycles. The van der Waals surface area contributed by atoms with Crippen molar-refractivity contribution < 1.29 is 14.3 Å². The third-order valence-corrected chi connectivity index (χ3v) is 7.32. The van der Waals surface area contributed by atoms with Crippen LogP contribution in [-0.2, 0) is 4.79 Å². The minimum atomic E-state index is -0.204. The summed E-state index contributed by atoms with van der Waals surface area (Å²) in [6, 6.07) is 11.5. The van der Waals surface area contributed by atoms with E-state index < -0.39 is 0 Å². The highest BCUT2D eigenvalue weighted by atomic mass is 35.5. The molecule has 1 N–H and O–H groups in total. The van der Waals surface area contributed by atoms with Gasteiger partial charge in [-0.05, 0) is 41.5 Å². The number of carbonyl (C=O) groups excluding carboxylic acids is 1. The van der Waals surface area contributed by atoms with E-state index in [0.717, 1.165) is 11.3 Å². The topological polar surface area (TPSA) is 47.6 Å². The van der Waals surface area contributed by atoms with Crippen LogP contribution in [0.2, 0.25) is 5.02 Å². The van der Waals surface area contributed by atoms with E-state index in [4.69, 9.17) is 21.1 Å². The van der Waals surface area contributed by atoms with Crippen LogP contribution in [-0.4, -0.2) is 31.6 Å². The quantitative estimate of drug-likeness (QED) is 0.625. The number of ether oxygens (including phenoxy) is 2. The van der Waals surface area contributed by atoms with Gasteiger partial charge in [0.05, 0.1) is 23.8 Å². The maximum absolute atomic E-state index is 12.3. The van der Waals surface area contributed by atoms with Crippen molar-refractivity contribution >= 4 is 52.8 Å². The fourth-order valence-electron chi connectivity index (χ4n) is 2.70. The van der Waals surface area contributed by atoms with Crippen molar-refractivity contribution in [3.05, 3.63) is 58.6 Å². The predicted molar refractivity (Wildman–Crippen MR) is 116 cm³/mol. The molecule has 1 heterocycles. The van der Waals surface area contributed by atoms with Crippen LogP contribution in [0.25, 0.3) is 6.08 Å². The highest BCUT2D eigenvalue weighted by molar-refractivity contribution is 8.19. The Morgan fingerprint density at radius 3 is 2.67 bits per heavy atom. The van der Waals surface area contributed by atoms with Crippen molar-refractivity contribution in [3.63, 3.8) is 0 Å². The van der Waals surface area contributed by atoms with E-state index in [-0.39, 0.29) is 5.91 Å². The van der Waals surface area contributed by atoms with Gasteiger partial charge in [0.1, 0.15) is 0 Å².